The van der Waals surface area contributed by atoms with Crippen LogP contribution in [0.5, 0.6) is 0 Å². The summed E-state index contributed by atoms with van der Waals surface area (Å²) < 4.78 is 42.6. The summed E-state index contributed by atoms with van der Waals surface area (Å²) in [5.41, 5.74) is 2.10. The van der Waals surface area contributed by atoms with Crippen molar-refractivity contribution in [3.8, 4) is 0 Å². The molecule has 0 saturated carbocycles. The van der Waals surface area contributed by atoms with E-state index in [0.29, 0.717) is 13.1 Å². The van der Waals surface area contributed by atoms with Crippen LogP contribution in [0.15, 0.2) is 66.9 Å². The van der Waals surface area contributed by atoms with Crippen LogP contribution in [0.1, 0.15) is 52.3 Å². The molecule has 2 aromatic carbocycles. The molecule has 2 unspecified atom stereocenters. The maximum absolute atomic E-state index is 13.9. The third-order valence-corrected chi connectivity index (χ3v) is 6.42. The molecular weight excluding hydrogens is 417 g/mol. The van der Waals surface area contributed by atoms with Crippen molar-refractivity contribution in [3.63, 3.8) is 0 Å². The molecule has 1 N–H and O–H groups in total. The molecular formula is C24H23F3N4O. The molecule has 166 valence electrons. The summed E-state index contributed by atoms with van der Waals surface area (Å²) in [7, 11) is 0. The highest BCUT2D eigenvalue weighted by atomic mass is 19.4. The molecule has 8 heteroatoms. The lowest BCUT2D eigenvalue weighted by molar-refractivity contribution is -0.173. The number of aromatic nitrogens is 2. The lowest BCUT2D eigenvalue weighted by atomic mass is 9.96. The van der Waals surface area contributed by atoms with Crippen molar-refractivity contribution < 1.29 is 18.0 Å². The van der Waals surface area contributed by atoms with Gasteiger partial charge in [0.15, 0.2) is 6.04 Å². The Kier molecular flexibility index (Phi) is 5.15. The van der Waals surface area contributed by atoms with E-state index in [1.54, 1.807) is 29.2 Å². The van der Waals surface area contributed by atoms with E-state index in [0.717, 1.165) is 16.7 Å². The number of rotatable bonds is 3. The van der Waals surface area contributed by atoms with Crippen molar-refractivity contribution in [2.24, 2.45) is 0 Å². The highest BCUT2D eigenvalue weighted by Gasteiger charge is 2.47. The third kappa shape index (κ3) is 3.74. The predicted molar refractivity (Wildman–Crippen MR) is 114 cm³/mol. The van der Waals surface area contributed by atoms with Gasteiger partial charge in [0.2, 0.25) is 0 Å². The summed E-state index contributed by atoms with van der Waals surface area (Å²) in [5.74, 6) is 0.0758. The third-order valence-electron chi connectivity index (χ3n) is 6.42. The zero-order chi connectivity index (χ0) is 22.3. The fraction of sp³-hybridized carbons (Fsp3) is 0.333. The number of amides is 1. The maximum atomic E-state index is 13.9. The number of carbonyl (C=O) groups excluding carboxylic acids is 1. The van der Waals surface area contributed by atoms with Gasteiger partial charge in [-0.05, 0) is 17.5 Å². The van der Waals surface area contributed by atoms with E-state index in [2.05, 4.69) is 10.4 Å². The number of anilines is 1. The van der Waals surface area contributed by atoms with E-state index in [9.17, 15) is 18.0 Å². The van der Waals surface area contributed by atoms with E-state index in [-0.39, 0.29) is 29.6 Å². The minimum Gasteiger partial charge on any atom is -0.363 e. The van der Waals surface area contributed by atoms with Gasteiger partial charge in [-0.2, -0.15) is 18.3 Å². The van der Waals surface area contributed by atoms with Crippen molar-refractivity contribution in [2.45, 2.75) is 37.0 Å². The lowest BCUT2D eigenvalue weighted by Crippen LogP contribution is -2.37. The molecule has 5 rings (SSSR count). The van der Waals surface area contributed by atoms with Crippen LogP contribution in [0.4, 0.5) is 19.0 Å². The van der Waals surface area contributed by atoms with E-state index < -0.39 is 18.3 Å². The number of carbonyl (C=O) groups is 1. The normalized spacial score (nSPS) is 23.0. The number of nitrogens with one attached hydrogen (secondary N) is 1. The molecule has 0 aliphatic carbocycles. The summed E-state index contributed by atoms with van der Waals surface area (Å²) in [6.07, 6.45) is -2.56. The molecule has 1 fully saturated rings. The van der Waals surface area contributed by atoms with Gasteiger partial charge < -0.3 is 10.2 Å². The van der Waals surface area contributed by atoms with Crippen LogP contribution in [0.25, 0.3) is 0 Å². The summed E-state index contributed by atoms with van der Waals surface area (Å²) in [5, 5.41) is 7.15. The van der Waals surface area contributed by atoms with Gasteiger partial charge in [0.25, 0.3) is 5.91 Å². The summed E-state index contributed by atoms with van der Waals surface area (Å²) in [6, 6.07) is 16.6. The summed E-state index contributed by atoms with van der Waals surface area (Å²) in [4.78, 5) is 15.0. The second kappa shape index (κ2) is 8.00. The number of hydrogen-bond donors (Lipinski definition) is 1. The molecule has 5 nitrogen and oxygen atoms in total. The molecule has 0 bridgehead atoms. The Balaban J connectivity index is 1.43. The average Bonchev–Trinajstić information content (AvgIpc) is 3.46. The van der Waals surface area contributed by atoms with Crippen molar-refractivity contribution >= 4 is 11.7 Å². The van der Waals surface area contributed by atoms with Crippen LogP contribution in [-0.4, -0.2) is 39.9 Å². The molecule has 3 aromatic rings. The minimum absolute atomic E-state index is 0.139. The molecule has 1 aromatic heterocycles. The summed E-state index contributed by atoms with van der Waals surface area (Å²) in [6.45, 7) is 1.10. The Hall–Kier alpha value is -3.29. The standard InChI is InChI=1S/C24H23F3N4O/c25-24(26,27)21-13-20(17-9-5-2-6-10-17)29-22-19(14-28-31(21)22)23(32)30-12-11-18(15-30)16-7-3-1-4-8-16/h1-10,14,18,20-21,29H,11-13,15H2/t18?,20?,21-/m0/s1. The molecule has 3 heterocycles. The quantitative estimate of drug-likeness (QED) is 0.611. The Morgan fingerprint density at radius 2 is 1.66 bits per heavy atom. The van der Waals surface area contributed by atoms with Gasteiger partial charge in [0, 0.05) is 25.4 Å². The van der Waals surface area contributed by atoms with Gasteiger partial charge in [-0.15, -0.1) is 0 Å². The fourth-order valence-corrected chi connectivity index (χ4v) is 4.74. The zero-order valence-corrected chi connectivity index (χ0v) is 17.3. The predicted octanol–water partition coefficient (Wildman–Crippen LogP) is 5.17. The highest BCUT2D eigenvalue weighted by Crippen LogP contribution is 2.44. The Morgan fingerprint density at radius 3 is 2.31 bits per heavy atom. The van der Waals surface area contributed by atoms with E-state index in [1.165, 1.54) is 11.8 Å². The zero-order valence-electron chi connectivity index (χ0n) is 17.3. The number of halogens is 3. The van der Waals surface area contributed by atoms with Gasteiger partial charge in [-0.3, -0.25) is 4.79 Å². The van der Waals surface area contributed by atoms with E-state index in [1.807, 2.05) is 36.4 Å². The first-order valence-corrected chi connectivity index (χ1v) is 10.7. The molecule has 32 heavy (non-hydrogen) atoms. The topological polar surface area (TPSA) is 50.2 Å². The van der Waals surface area contributed by atoms with Crippen LogP contribution >= 0.6 is 0 Å². The molecule has 0 spiro atoms. The van der Waals surface area contributed by atoms with Gasteiger partial charge in [0.1, 0.15) is 11.4 Å². The van der Waals surface area contributed by atoms with Gasteiger partial charge in [0.05, 0.1) is 12.2 Å². The van der Waals surface area contributed by atoms with E-state index in [4.69, 9.17) is 0 Å². The largest absolute Gasteiger partial charge is 0.410 e. The van der Waals surface area contributed by atoms with Gasteiger partial charge in [-0.1, -0.05) is 60.7 Å². The molecule has 3 atom stereocenters. The van der Waals surface area contributed by atoms with Crippen LogP contribution in [0.3, 0.4) is 0 Å². The van der Waals surface area contributed by atoms with Crippen LogP contribution in [0.2, 0.25) is 0 Å². The summed E-state index contributed by atoms with van der Waals surface area (Å²) >= 11 is 0. The highest BCUT2D eigenvalue weighted by molar-refractivity contribution is 5.99. The maximum Gasteiger partial charge on any atom is 0.410 e. The number of likely N-dealkylation sites (tertiary alicyclic amines) is 1. The van der Waals surface area contributed by atoms with E-state index >= 15 is 0 Å². The molecule has 0 radical (unpaired) electrons. The first-order valence-electron chi connectivity index (χ1n) is 10.7. The Bertz CT molecular complexity index is 1100. The lowest BCUT2D eigenvalue weighted by Gasteiger charge is -2.34. The van der Waals surface area contributed by atoms with Gasteiger partial charge in [-0.25, -0.2) is 4.68 Å². The smallest absolute Gasteiger partial charge is 0.363 e. The molecule has 2 aliphatic heterocycles. The van der Waals surface area contributed by atoms with Crippen LogP contribution in [0, 0.1) is 0 Å². The molecule has 1 saturated heterocycles. The number of nitrogens with zero attached hydrogens (tertiary/aromatic N) is 3. The van der Waals surface area contributed by atoms with Crippen molar-refractivity contribution in [1.82, 2.24) is 14.7 Å². The first-order chi connectivity index (χ1) is 15.4. The Labute approximate surface area is 183 Å². The SMILES string of the molecule is O=C(c1cnn2c1NC(c1ccccc1)C[C@H]2C(F)(F)F)N1CCC(c2ccccc2)C1. The number of hydrogen-bond acceptors (Lipinski definition) is 3. The van der Waals surface area contributed by atoms with Crippen LogP contribution in [-0.2, 0) is 0 Å². The fourth-order valence-electron chi connectivity index (χ4n) is 4.74. The number of fused-ring (bicyclic) bond motifs is 1. The van der Waals surface area contributed by atoms with Crippen molar-refractivity contribution in [3.05, 3.63) is 83.6 Å². The van der Waals surface area contributed by atoms with Crippen molar-refractivity contribution in [2.75, 3.05) is 18.4 Å². The second-order valence-corrected chi connectivity index (χ2v) is 8.40. The number of alkyl halides is 3. The van der Waals surface area contributed by atoms with Crippen LogP contribution < -0.4 is 5.32 Å². The average molecular weight is 440 g/mol. The van der Waals surface area contributed by atoms with Crippen molar-refractivity contribution in [1.29, 1.82) is 0 Å². The number of benzene rings is 2. The second-order valence-electron chi connectivity index (χ2n) is 8.40. The molecule has 2 aliphatic rings. The monoisotopic (exact) mass is 440 g/mol. The first kappa shape index (κ1) is 20.6. The van der Waals surface area contributed by atoms with Gasteiger partial charge >= 0.3 is 6.18 Å². The molecule has 1 amide bonds. The minimum atomic E-state index is -4.47. The Morgan fingerprint density at radius 1 is 1.00 bits per heavy atom.